The van der Waals surface area contributed by atoms with Gasteiger partial charge < -0.3 is 10.0 Å². The van der Waals surface area contributed by atoms with Crippen molar-refractivity contribution in [2.24, 2.45) is 5.92 Å². The molecule has 0 unspecified atom stereocenters. The van der Waals surface area contributed by atoms with Crippen LogP contribution in [0, 0.1) is 12.8 Å². The number of carbonyl (C=O) groups is 2. The lowest BCUT2D eigenvalue weighted by molar-refractivity contribution is -0.136. The van der Waals surface area contributed by atoms with Crippen LogP contribution in [0.4, 0.5) is 5.69 Å². The summed E-state index contributed by atoms with van der Waals surface area (Å²) in [4.78, 5) is 24.4. The van der Waals surface area contributed by atoms with E-state index in [0.717, 1.165) is 11.3 Å². The minimum Gasteiger partial charge on any atom is -0.481 e. The Morgan fingerprint density at radius 2 is 1.89 bits per heavy atom. The van der Waals surface area contributed by atoms with Crippen LogP contribution in [0.15, 0.2) is 24.3 Å². The Hall–Kier alpha value is -1.84. The summed E-state index contributed by atoms with van der Waals surface area (Å²) in [6, 6.07) is 7.51. The van der Waals surface area contributed by atoms with Gasteiger partial charge in [-0.1, -0.05) is 32.0 Å². The van der Waals surface area contributed by atoms with Gasteiger partial charge in [-0.15, -0.1) is 0 Å². The van der Waals surface area contributed by atoms with Gasteiger partial charge in [0, 0.05) is 18.2 Å². The van der Waals surface area contributed by atoms with Crippen LogP contribution in [0.5, 0.6) is 0 Å². The number of hydrogen-bond donors (Lipinski definition) is 1. The quantitative estimate of drug-likeness (QED) is 0.872. The number of anilines is 1. The summed E-state index contributed by atoms with van der Waals surface area (Å²) < 4.78 is 0. The van der Waals surface area contributed by atoms with Gasteiger partial charge in [0.1, 0.15) is 0 Å². The molecule has 0 saturated heterocycles. The largest absolute Gasteiger partial charge is 0.481 e. The van der Waals surface area contributed by atoms with E-state index in [1.807, 2.05) is 45.0 Å². The fourth-order valence-corrected chi connectivity index (χ4v) is 1.73. The first kappa shape index (κ1) is 14.2. The summed E-state index contributed by atoms with van der Waals surface area (Å²) in [5, 5.41) is 8.76. The predicted molar refractivity (Wildman–Crippen MR) is 70.6 cm³/mol. The summed E-state index contributed by atoms with van der Waals surface area (Å²) >= 11 is 0. The Balaban J connectivity index is 3.00. The number of rotatable bonds is 5. The Labute approximate surface area is 107 Å². The summed E-state index contributed by atoms with van der Waals surface area (Å²) in [5.74, 6) is -1.10. The number of carboxylic acids is 1. The maximum Gasteiger partial charge on any atom is 0.305 e. The molecule has 0 saturated carbocycles. The molecule has 1 aromatic carbocycles. The minimum absolute atomic E-state index is 0.0488. The number of hydrogen-bond acceptors (Lipinski definition) is 2. The molecular formula is C14H19NO3. The Bertz CT molecular complexity index is 440. The second kappa shape index (κ2) is 6.19. The van der Waals surface area contributed by atoms with Gasteiger partial charge in [0.15, 0.2) is 0 Å². The van der Waals surface area contributed by atoms with Gasteiger partial charge in [-0.25, -0.2) is 0 Å². The zero-order valence-electron chi connectivity index (χ0n) is 11.0. The van der Waals surface area contributed by atoms with E-state index in [1.165, 1.54) is 0 Å². The van der Waals surface area contributed by atoms with Crippen LogP contribution in [-0.2, 0) is 9.59 Å². The van der Waals surface area contributed by atoms with E-state index in [1.54, 1.807) is 4.90 Å². The number of aryl methyl sites for hydroxylation is 1. The topological polar surface area (TPSA) is 57.6 Å². The summed E-state index contributed by atoms with van der Waals surface area (Å²) in [5.41, 5.74) is 1.76. The molecule has 0 spiro atoms. The first-order valence-corrected chi connectivity index (χ1v) is 6.02. The molecule has 0 bridgehead atoms. The molecule has 0 fully saturated rings. The molecule has 98 valence electrons. The Morgan fingerprint density at radius 3 is 2.39 bits per heavy atom. The normalized spacial score (nSPS) is 10.4. The van der Waals surface area contributed by atoms with Gasteiger partial charge >= 0.3 is 5.97 Å². The van der Waals surface area contributed by atoms with Crippen molar-refractivity contribution in [3.05, 3.63) is 29.8 Å². The second-order valence-corrected chi connectivity index (χ2v) is 4.57. The van der Waals surface area contributed by atoms with E-state index in [4.69, 9.17) is 5.11 Å². The van der Waals surface area contributed by atoms with E-state index in [-0.39, 0.29) is 24.8 Å². The number of para-hydroxylation sites is 1. The van der Waals surface area contributed by atoms with Crippen LogP contribution in [0.1, 0.15) is 25.8 Å². The van der Waals surface area contributed by atoms with Gasteiger partial charge in [-0.05, 0) is 18.6 Å². The molecule has 0 aliphatic carbocycles. The highest BCUT2D eigenvalue weighted by Crippen LogP contribution is 2.21. The van der Waals surface area contributed by atoms with Crippen molar-refractivity contribution < 1.29 is 14.7 Å². The van der Waals surface area contributed by atoms with Crippen molar-refractivity contribution in [3.8, 4) is 0 Å². The smallest absolute Gasteiger partial charge is 0.305 e. The van der Waals surface area contributed by atoms with Crippen molar-refractivity contribution in [2.75, 3.05) is 11.4 Å². The minimum atomic E-state index is -0.898. The van der Waals surface area contributed by atoms with Crippen molar-refractivity contribution in [1.82, 2.24) is 0 Å². The lowest BCUT2D eigenvalue weighted by Gasteiger charge is -2.25. The number of carbonyl (C=O) groups excluding carboxylic acids is 1. The zero-order chi connectivity index (χ0) is 13.7. The molecule has 4 heteroatoms. The third-order valence-electron chi connectivity index (χ3n) is 2.72. The third-order valence-corrected chi connectivity index (χ3v) is 2.72. The number of carboxylic acid groups (broad SMARTS) is 1. The highest BCUT2D eigenvalue weighted by Gasteiger charge is 2.20. The zero-order valence-corrected chi connectivity index (χ0v) is 11.0. The van der Waals surface area contributed by atoms with Gasteiger partial charge in [0.05, 0.1) is 6.42 Å². The molecule has 18 heavy (non-hydrogen) atoms. The lowest BCUT2D eigenvalue weighted by atomic mass is 10.1. The molecule has 0 heterocycles. The molecule has 0 aliphatic heterocycles. The number of benzene rings is 1. The van der Waals surface area contributed by atoms with E-state index in [0.29, 0.717) is 0 Å². The van der Waals surface area contributed by atoms with Crippen LogP contribution in [-0.4, -0.2) is 23.5 Å². The molecule has 0 atom stereocenters. The third kappa shape index (κ3) is 3.58. The number of aliphatic carboxylic acids is 1. The maximum atomic E-state index is 12.1. The molecular weight excluding hydrogens is 230 g/mol. The Morgan fingerprint density at radius 1 is 1.28 bits per heavy atom. The molecule has 0 radical (unpaired) electrons. The standard InChI is InChI=1S/C14H19NO3/c1-10(2)14(18)15(9-8-13(16)17)12-7-5-4-6-11(12)3/h4-7,10H,8-9H2,1-3H3,(H,16,17). The summed E-state index contributed by atoms with van der Waals surface area (Å²) in [7, 11) is 0. The average Bonchev–Trinajstić information content (AvgIpc) is 2.30. The van der Waals surface area contributed by atoms with Crippen molar-refractivity contribution in [2.45, 2.75) is 27.2 Å². The van der Waals surface area contributed by atoms with Gasteiger partial charge in [-0.2, -0.15) is 0 Å². The van der Waals surface area contributed by atoms with Crippen LogP contribution < -0.4 is 4.90 Å². The predicted octanol–water partition coefficient (Wildman–Crippen LogP) is 2.46. The monoisotopic (exact) mass is 249 g/mol. The fourth-order valence-electron chi connectivity index (χ4n) is 1.73. The Kier molecular flexibility index (Phi) is 4.89. The van der Waals surface area contributed by atoms with Crippen molar-refractivity contribution >= 4 is 17.6 Å². The van der Waals surface area contributed by atoms with Crippen molar-refractivity contribution in [3.63, 3.8) is 0 Å². The van der Waals surface area contributed by atoms with Crippen LogP contribution in [0.3, 0.4) is 0 Å². The highest BCUT2D eigenvalue weighted by atomic mass is 16.4. The van der Waals surface area contributed by atoms with E-state index in [2.05, 4.69) is 0 Å². The molecule has 1 N–H and O–H groups in total. The van der Waals surface area contributed by atoms with E-state index in [9.17, 15) is 9.59 Å². The fraction of sp³-hybridized carbons (Fsp3) is 0.429. The highest BCUT2D eigenvalue weighted by molar-refractivity contribution is 5.95. The number of nitrogens with zero attached hydrogens (tertiary/aromatic N) is 1. The molecule has 1 amide bonds. The summed E-state index contributed by atoms with van der Waals surface area (Å²) in [6.07, 6.45) is -0.0488. The van der Waals surface area contributed by atoms with Crippen LogP contribution in [0.25, 0.3) is 0 Å². The van der Waals surface area contributed by atoms with Crippen LogP contribution in [0.2, 0.25) is 0 Å². The molecule has 0 aromatic heterocycles. The van der Waals surface area contributed by atoms with Gasteiger partial charge in [-0.3, -0.25) is 9.59 Å². The van der Waals surface area contributed by atoms with Crippen molar-refractivity contribution in [1.29, 1.82) is 0 Å². The SMILES string of the molecule is Cc1ccccc1N(CCC(=O)O)C(=O)C(C)C. The second-order valence-electron chi connectivity index (χ2n) is 4.57. The molecule has 1 rings (SSSR count). The van der Waals surface area contributed by atoms with E-state index < -0.39 is 5.97 Å². The van der Waals surface area contributed by atoms with Gasteiger partial charge in [0.25, 0.3) is 0 Å². The number of amides is 1. The van der Waals surface area contributed by atoms with Gasteiger partial charge in [0.2, 0.25) is 5.91 Å². The molecule has 0 aliphatic rings. The lowest BCUT2D eigenvalue weighted by Crippen LogP contribution is -2.36. The van der Waals surface area contributed by atoms with Crippen LogP contribution >= 0.6 is 0 Å². The maximum absolute atomic E-state index is 12.1. The first-order valence-electron chi connectivity index (χ1n) is 6.02. The average molecular weight is 249 g/mol. The molecule has 1 aromatic rings. The summed E-state index contributed by atoms with van der Waals surface area (Å²) in [6.45, 7) is 5.75. The first-order chi connectivity index (χ1) is 8.43. The molecule has 4 nitrogen and oxygen atoms in total. The van der Waals surface area contributed by atoms with E-state index >= 15 is 0 Å².